The number of benzene rings is 2. The highest BCUT2D eigenvalue weighted by Crippen LogP contribution is 2.35. The number of aromatic nitrogens is 1. The minimum atomic E-state index is -0.224. The molecular formula is C29H28ClN5O3. The molecule has 1 fully saturated rings. The van der Waals surface area contributed by atoms with Crippen LogP contribution in [0.25, 0.3) is 5.57 Å². The van der Waals surface area contributed by atoms with Crippen molar-refractivity contribution in [1.29, 1.82) is 0 Å². The van der Waals surface area contributed by atoms with E-state index in [2.05, 4.69) is 9.88 Å². The smallest absolute Gasteiger partial charge is 0.261 e. The first-order valence-electron chi connectivity index (χ1n) is 12.8. The van der Waals surface area contributed by atoms with Gasteiger partial charge >= 0.3 is 0 Å². The van der Waals surface area contributed by atoms with Gasteiger partial charge in [-0.2, -0.15) is 5.17 Å². The van der Waals surface area contributed by atoms with Gasteiger partial charge in [-0.05, 0) is 67.3 Å². The molecule has 0 spiro atoms. The van der Waals surface area contributed by atoms with Crippen LogP contribution in [0.3, 0.4) is 0 Å². The minimum absolute atomic E-state index is 0.158. The van der Waals surface area contributed by atoms with Gasteiger partial charge < -0.3 is 0 Å². The third kappa shape index (κ3) is 4.55. The summed E-state index contributed by atoms with van der Waals surface area (Å²) in [5.74, 6) is -0.449. The van der Waals surface area contributed by atoms with Crippen LogP contribution in [-0.4, -0.2) is 69.0 Å². The molecule has 3 aliphatic heterocycles. The van der Waals surface area contributed by atoms with E-state index in [9.17, 15) is 14.8 Å². The van der Waals surface area contributed by atoms with Crippen LogP contribution >= 0.6 is 11.6 Å². The maximum absolute atomic E-state index is 12.8. The fourth-order valence-electron chi connectivity index (χ4n) is 5.64. The SMILES string of the molecule is O=C1c2ccccc2C(=O)N1CCN1CCC[C@@H]1CN1C=C(Cc2ccc(Cl)cc2)c2ccncc2N1O. The molecule has 1 N–H and O–H groups in total. The summed E-state index contributed by atoms with van der Waals surface area (Å²) in [5, 5.41) is 14.8. The fourth-order valence-corrected chi connectivity index (χ4v) is 5.76. The predicted octanol–water partition coefficient (Wildman–Crippen LogP) is 4.51. The van der Waals surface area contributed by atoms with Crippen molar-refractivity contribution in [2.75, 3.05) is 31.4 Å². The molecule has 9 heteroatoms. The van der Waals surface area contributed by atoms with Crippen molar-refractivity contribution < 1.29 is 14.8 Å². The van der Waals surface area contributed by atoms with Crippen LogP contribution in [0.15, 0.2) is 73.2 Å². The zero-order valence-electron chi connectivity index (χ0n) is 20.8. The summed E-state index contributed by atoms with van der Waals surface area (Å²) in [6.45, 7) is 2.38. The van der Waals surface area contributed by atoms with E-state index >= 15 is 0 Å². The van der Waals surface area contributed by atoms with Crippen molar-refractivity contribution >= 4 is 34.7 Å². The zero-order chi connectivity index (χ0) is 26.2. The van der Waals surface area contributed by atoms with Gasteiger partial charge in [0.25, 0.3) is 11.8 Å². The highest BCUT2D eigenvalue weighted by atomic mass is 35.5. The van der Waals surface area contributed by atoms with Crippen molar-refractivity contribution in [2.45, 2.75) is 25.3 Å². The summed E-state index contributed by atoms with van der Waals surface area (Å²) in [6, 6.07) is 16.9. The first kappa shape index (κ1) is 24.6. The molecule has 1 atom stereocenters. The van der Waals surface area contributed by atoms with Crippen LogP contribution in [0.5, 0.6) is 0 Å². The first-order chi connectivity index (χ1) is 18.5. The Morgan fingerprint density at radius 3 is 2.42 bits per heavy atom. The van der Waals surface area contributed by atoms with Gasteiger partial charge in [-0.1, -0.05) is 35.9 Å². The zero-order valence-corrected chi connectivity index (χ0v) is 21.6. The van der Waals surface area contributed by atoms with E-state index in [4.69, 9.17) is 11.6 Å². The van der Waals surface area contributed by atoms with Gasteiger partial charge in [0.05, 0.1) is 23.9 Å². The highest BCUT2D eigenvalue weighted by molar-refractivity contribution is 6.30. The summed E-state index contributed by atoms with van der Waals surface area (Å²) in [5.41, 5.74) is 4.72. The molecule has 0 radical (unpaired) electrons. The van der Waals surface area contributed by atoms with Gasteiger partial charge in [-0.25, -0.2) is 0 Å². The normalized spacial score (nSPS) is 19.2. The second-order valence-corrected chi connectivity index (χ2v) is 10.3. The molecule has 1 saturated heterocycles. The fraction of sp³-hybridized carbons (Fsp3) is 0.276. The third-order valence-electron chi connectivity index (χ3n) is 7.60. The van der Waals surface area contributed by atoms with Crippen LogP contribution < -0.4 is 5.17 Å². The van der Waals surface area contributed by atoms with E-state index in [1.165, 1.54) is 10.1 Å². The monoisotopic (exact) mass is 529 g/mol. The van der Waals surface area contributed by atoms with Crippen molar-refractivity contribution in [2.24, 2.45) is 0 Å². The molecule has 3 aromatic rings. The number of pyridine rings is 1. The predicted molar refractivity (Wildman–Crippen MR) is 145 cm³/mol. The maximum atomic E-state index is 12.8. The van der Waals surface area contributed by atoms with E-state index in [0.717, 1.165) is 36.1 Å². The van der Waals surface area contributed by atoms with E-state index < -0.39 is 0 Å². The lowest BCUT2D eigenvalue weighted by atomic mass is 9.97. The van der Waals surface area contributed by atoms with Gasteiger partial charge in [-0.15, -0.1) is 0 Å². The number of likely N-dealkylation sites (tertiary alicyclic amines) is 1. The first-order valence-corrected chi connectivity index (χ1v) is 13.2. The molecule has 0 saturated carbocycles. The molecule has 2 amide bonds. The molecule has 8 nitrogen and oxygen atoms in total. The number of fused-ring (bicyclic) bond motifs is 2. The van der Waals surface area contributed by atoms with Gasteiger partial charge in [0.15, 0.2) is 0 Å². The van der Waals surface area contributed by atoms with E-state index in [-0.39, 0.29) is 17.9 Å². The van der Waals surface area contributed by atoms with Crippen molar-refractivity contribution in [1.82, 2.24) is 19.8 Å². The Morgan fingerprint density at radius 1 is 0.947 bits per heavy atom. The number of imide groups is 1. The number of carbonyl (C=O) groups excluding carboxylic acids is 2. The number of amides is 2. The molecule has 0 aliphatic carbocycles. The number of hydrogen-bond acceptors (Lipinski definition) is 7. The molecule has 38 heavy (non-hydrogen) atoms. The molecule has 194 valence electrons. The van der Waals surface area contributed by atoms with E-state index in [1.807, 2.05) is 41.5 Å². The highest BCUT2D eigenvalue weighted by Gasteiger charge is 2.36. The van der Waals surface area contributed by atoms with Gasteiger partial charge in [0.2, 0.25) is 0 Å². The van der Waals surface area contributed by atoms with Crippen LogP contribution in [-0.2, 0) is 6.42 Å². The molecule has 0 unspecified atom stereocenters. The number of halogens is 1. The molecule has 4 heterocycles. The van der Waals surface area contributed by atoms with Crippen LogP contribution in [0.2, 0.25) is 5.02 Å². The number of hydrazine groups is 1. The minimum Gasteiger partial charge on any atom is -0.297 e. The van der Waals surface area contributed by atoms with Crippen molar-refractivity contribution in [3.63, 3.8) is 0 Å². The van der Waals surface area contributed by atoms with E-state index in [1.54, 1.807) is 36.7 Å². The summed E-state index contributed by atoms with van der Waals surface area (Å²) in [6.07, 6.45) is 8.07. The standard InChI is InChI=1S/C29H28ClN5O3/c30-22-9-7-20(8-10-22)16-21-18-33(35(38)27-17-31-12-11-24(21)27)19-23-4-3-13-32(23)14-15-34-28(36)25-5-1-2-6-26(25)29(34)37/h1-2,5-12,17-18,23,38H,3-4,13-16,19H2/t23-/m1/s1. The number of carbonyl (C=O) groups is 2. The van der Waals surface area contributed by atoms with Gasteiger partial charge in [0, 0.05) is 42.1 Å². The van der Waals surface area contributed by atoms with Crippen LogP contribution in [0, 0.1) is 0 Å². The number of hydrogen-bond donors (Lipinski definition) is 1. The molecule has 0 bridgehead atoms. The van der Waals surface area contributed by atoms with E-state index in [0.29, 0.717) is 47.9 Å². The average molecular weight is 530 g/mol. The van der Waals surface area contributed by atoms with Crippen LogP contribution in [0.4, 0.5) is 5.69 Å². The molecular weight excluding hydrogens is 502 g/mol. The Hall–Kier alpha value is -3.72. The van der Waals surface area contributed by atoms with Crippen molar-refractivity contribution in [3.05, 3.63) is 100 Å². The summed E-state index contributed by atoms with van der Waals surface area (Å²) < 4.78 is 0. The molecule has 2 aromatic carbocycles. The number of allylic oxidation sites excluding steroid dienone is 1. The van der Waals surface area contributed by atoms with Crippen LogP contribution in [0.1, 0.15) is 44.7 Å². The van der Waals surface area contributed by atoms with Gasteiger partial charge in [-0.3, -0.25) is 34.6 Å². The topological polar surface area (TPSA) is 80.2 Å². The Kier molecular flexibility index (Phi) is 6.61. The Morgan fingerprint density at radius 2 is 1.68 bits per heavy atom. The Bertz CT molecular complexity index is 1370. The maximum Gasteiger partial charge on any atom is 0.261 e. The Balaban J connectivity index is 1.17. The summed E-state index contributed by atoms with van der Waals surface area (Å²) >= 11 is 6.08. The molecule has 3 aliphatic rings. The quantitative estimate of drug-likeness (QED) is 0.451. The number of anilines is 1. The lowest BCUT2D eigenvalue weighted by molar-refractivity contribution is 0.0606. The molecule has 1 aromatic heterocycles. The number of rotatable bonds is 7. The van der Waals surface area contributed by atoms with Gasteiger partial charge in [0.1, 0.15) is 5.69 Å². The molecule has 6 rings (SSSR count). The lowest BCUT2D eigenvalue weighted by Gasteiger charge is -2.39. The second-order valence-electron chi connectivity index (χ2n) is 9.90. The van der Waals surface area contributed by atoms with Crippen molar-refractivity contribution in [3.8, 4) is 0 Å². The summed E-state index contributed by atoms with van der Waals surface area (Å²) in [4.78, 5) is 33.5. The summed E-state index contributed by atoms with van der Waals surface area (Å²) in [7, 11) is 0. The average Bonchev–Trinajstić information content (AvgIpc) is 3.48. The second kappa shape index (κ2) is 10.2. The Labute approximate surface area is 226 Å². The largest absolute Gasteiger partial charge is 0.297 e. The lowest BCUT2D eigenvalue weighted by Crippen LogP contribution is -2.48. The number of nitrogens with zero attached hydrogens (tertiary/aromatic N) is 5. The third-order valence-corrected chi connectivity index (χ3v) is 7.86.